The molecule has 0 fully saturated rings. The predicted molar refractivity (Wildman–Crippen MR) is 149 cm³/mol. The van der Waals surface area contributed by atoms with Crippen LogP contribution in [0, 0.1) is 6.92 Å². The van der Waals surface area contributed by atoms with Crippen LogP contribution in [0.2, 0.25) is 0 Å². The Bertz CT molecular complexity index is 1530. The van der Waals surface area contributed by atoms with E-state index in [1.54, 1.807) is 34.4 Å². The molecule has 2 aromatic heterocycles. The summed E-state index contributed by atoms with van der Waals surface area (Å²) in [7, 11) is 0. The van der Waals surface area contributed by atoms with E-state index in [9.17, 15) is 0 Å². The summed E-state index contributed by atoms with van der Waals surface area (Å²) in [5.41, 5.74) is 1.27. The summed E-state index contributed by atoms with van der Waals surface area (Å²) in [4.78, 5) is 4.51. The number of hydrogen-bond donors (Lipinski definition) is 0. The van der Waals surface area contributed by atoms with Gasteiger partial charge in [-0.15, -0.1) is 46.2 Å². The van der Waals surface area contributed by atoms with E-state index in [0.717, 1.165) is 78.9 Å². The van der Waals surface area contributed by atoms with Crippen LogP contribution in [0.5, 0.6) is 17.2 Å². The average Bonchev–Trinajstić information content (AvgIpc) is 3.70. The van der Waals surface area contributed by atoms with Gasteiger partial charge in [-0.1, -0.05) is 0 Å². The van der Waals surface area contributed by atoms with E-state index in [1.807, 2.05) is 11.8 Å². The Balaban J connectivity index is 1.33. The molecular weight excluding hydrogens is 565 g/mol. The van der Waals surface area contributed by atoms with Crippen LogP contribution in [0.4, 0.5) is 0 Å². The number of fused-ring (bicyclic) bond motifs is 2. The summed E-state index contributed by atoms with van der Waals surface area (Å²) in [6.45, 7) is 8.39. The summed E-state index contributed by atoms with van der Waals surface area (Å²) in [5.74, 6) is 6.29. The van der Waals surface area contributed by atoms with Gasteiger partial charge in [0.05, 0.1) is 35.6 Å². The molecule has 7 nitrogen and oxygen atoms in total. The maximum atomic E-state index is 6.39. The van der Waals surface area contributed by atoms with Gasteiger partial charge in [0, 0.05) is 10.4 Å². The first-order chi connectivity index (χ1) is 18.7. The molecule has 200 valence electrons. The molecule has 6 aliphatic rings. The minimum absolute atomic E-state index is 0.0443. The number of aryl methyl sites for hydroxylation is 1. The Labute approximate surface area is 236 Å². The highest BCUT2D eigenvalue weighted by Gasteiger charge is 2.43. The molecule has 0 amide bonds. The highest BCUT2D eigenvalue weighted by molar-refractivity contribution is 8.09. The number of thiophene rings is 2. The van der Waals surface area contributed by atoms with Gasteiger partial charge in [0.2, 0.25) is 0 Å². The third kappa shape index (κ3) is 3.54. The molecule has 0 spiro atoms. The first kappa shape index (κ1) is 23.8. The second-order valence-electron chi connectivity index (χ2n) is 9.59. The smallest absolute Gasteiger partial charge is 0.177 e. The van der Waals surface area contributed by atoms with Gasteiger partial charge in [0.15, 0.2) is 34.5 Å². The SMILES string of the molecule is Cc1sc(C2SC(=c3s/c(=C4/SC(C)C5=C4OCCO5)c4c3OCCC4)C3=C2OCCO3)c2c1OCCO2. The molecule has 2 aromatic rings. The quantitative estimate of drug-likeness (QED) is 0.475. The van der Waals surface area contributed by atoms with Crippen molar-refractivity contribution in [3.8, 4) is 17.2 Å². The number of rotatable bonds is 1. The van der Waals surface area contributed by atoms with E-state index in [0.29, 0.717) is 39.6 Å². The van der Waals surface area contributed by atoms with Crippen molar-refractivity contribution in [1.29, 1.82) is 0 Å². The van der Waals surface area contributed by atoms with Crippen molar-refractivity contribution < 1.29 is 33.2 Å². The second-order valence-corrected chi connectivity index (χ2v) is 14.3. The van der Waals surface area contributed by atoms with Gasteiger partial charge in [-0.25, -0.2) is 0 Å². The van der Waals surface area contributed by atoms with Crippen molar-refractivity contribution in [1.82, 2.24) is 0 Å². The summed E-state index contributed by atoms with van der Waals surface area (Å²) >= 11 is 7.10. The van der Waals surface area contributed by atoms with Gasteiger partial charge in [-0.3, -0.25) is 0 Å². The Kier molecular flexibility index (Phi) is 5.79. The monoisotopic (exact) mass is 590 g/mol. The van der Waals surface area contributed by atoms with Crippen LogP contribution in [0.3, 0.4) is 0 Å². The molecule has 0 aromatic carbocycles. The fourth-order valence-electron chi connectivity index (χ4n) is 5.59. The molecule has 0 radical (unpaired) electrons. The van der Waals surface area contributed by atoms with E-state index in [2.05, 4.69) is 13.8 Å². The van der Waals surface area contributed by atoms with E-state index < -0.39 is 0 Å². The van der Waals surface area contributed by atoms with E-state index >= 15 is 0 Å². The predicted octanol–water partition coefficient (Wildman–Crippen LogP) is 4.57. The standard InChI is InChI=1S/C27H26O7S4/c1-12-15-18(31-8-6-29-15)24(35-12)22-14-4-3-5-28-17(14)23(37-22)26-20-21(34-11-10-33-20)27(38-26)25-19-16(13(2)36-25)30-7-9-32-19/h12,27H,3-11H2,1-2H3/b24-22+,26-23?. The highest BCUT2D eigenvalue weighted by Crippen LogP contribution is 2.60. The fraction of sp³-hybridized carbons (Fsp3) is 0.481. The normalized spacial score (nSPS) is 28.5. The molecule has 0 saturated heterocycles. The van der Waals surface area contributed by atoms with Crippen LogP contribution < -0.4 is 23.3 Å². The number of hydrogen-bond acceptors (Lipinski definition) is 11. The Morgan fingerprint density at radius 1 is 0.632 bits per heavy atom. The van der Waals surface area contributed by atoms with Gasteiger partial charge in [-0.2, -0.15) is 0 Å². The molecule has 11 heteroatoms. The van der Waals surface area contributed by atoms with Gasteiger partial charge in [0.25, 0.3) is 0 Å². The van der Waals surface area contributed by atoms with Crippen molar-refractivity contribution >= 4 is 56.0 Å². The zero-order chi connectivity index (χ0) is 25.4. The second kappa shape index (κ2) is 9.25. The van der Waals surface area contributed by atoms with Crippen molar-refractivity contribution in [2.45, 2.75) is 37.2 Å². The lowest BCUT2D eigenvalue weighted by atomic mass is 10.1. The lowest BCUT2D eigenvalue weighted by Gasteiger charge is -2.21. The van der Waals surface area contributed by atoms with Crippen LogP contribution in [0.25, 0.3) is 9.81 Å². The van der Waals surface area contributed by atoms with E-state index in [-0.39, 0.29) is 10.5 Å². The largest absolute Gasteiger partial charge is 0.492 e. The minimum Gasteiger partial charge on any atom is -0.492 e. The zero-order valence-corrected chi connectivity index (χ0v) is 24.3. The van der Waals surface area contributed by atoms with Crippen LogP contribution in [-0.2, 0) is 25.4 Å². The summed E-state index contributed by atoms with van der Waals surface area (Å²) in [5, 5.41) is 0.195. The van der Waals surface area contributed by atoms with Gasteiger partial charge < -0.3 is 33.2 Å². The van der Waals surface area contributed by atoms with Crippen LogP contribution >= 0.6 is 46.2 Å². The molecule has 8 heterocycles. The molecule has 8 rings (SSSR count). The van der Waals surface area contributed by atoms with Gasteiger partial charge >= 0.3 is 0 Å². The molecule has 0 N–H and O–H groups in total. The third-order valence-electron chi connectivity index (χ3n) is 7.19. The molecule has 0 aliphatic carbocycles. The average molecular weight is 591 g/mol. The van der Waals surface area contributed by atoms with Crippen LogP contribution in [-0.4, -0.2) is 51.5 Å². The topological polar surface area (TPSA) is 64.6 Å². The first-order valence-electron chi connectivity index (χ1n) is 12.9. The lowest BCUT2D eigenvalue weighted by Crippen LogP contribution is -2.18. The summed E-state index contributed by atoms with van der Waals surface area (Å²) < 4.78 is 45.6. The van der Waals surface area contributed by atoms with Crippen LogP contribution in [0.15, 0.2) is 23.0 Å². The van der Waals surface area contributed by atoms with E-state index in [1.165, 1.54) is 15.0 Å². The Morgan fingerprint density at radius 2 is 1.29 bits per heavy atom. The van der Waals surface area contributed by atoms with Crippen molar-refractivity contribution in [3.05, 3.63) is 47.4 Å². The molecule has 0 bridgehead atoms. The van der Waals surface area contributed by atoms with Crippen LogP contribution in [0.1, 0.15) is 33.9 Å². The Hall–Kier alpha value is -2.08. The molecule has 0 saturated carbocycles. The van der Waals surface area contributed by atoms with Gasteiger partial charge in [-0.05, 0) is 26.7 Å². The first-order valence-corrected chi connectivity index (χ1v) is 16.3. The summed E-state index contributed by atoms with van der Waals surface area (Å²) in [6, 6.07) is 0. The van der Waals surface area contributed by atoms with Gasteiger partial charge in [0.1, 0.15) is 50.6 Å². The molecule has 2 unspecified atom stereocenters. The third-order valence-corrected chi connectivity index (χ3v) is 12.5. The fourth-order valence-corrected chi connectivity index (χ4v) is 10.9. The molecule has 6 aliphatic heterocycles. The number of thioether (sulfide) groups is 2. The zero-order valence-electron chi connectivity index (χ0n) is 21.0. The molecular formula is C27H26O7S4. The minimum atomic E-state index is -0.0443. The maximum absolute atomic E-state index is 6.39. The molecule has 38 heavy (non-hydrogen) atoms. The lowest BCUT2D eigenvalue weighted by molar-refractivity contribution is 0.0703. The maximum Gasteiger partial charge on any atom is 0.177 e. The van der Waals surface area contributed by atoms with Crippen molar-refractivity contribution in [2.24, 2.45) is 0 Å². The summed E-state index contributed by atoms with van der Waals surface area (Å²) in [6.07, 6.45) is 1.99. The van der Waals surface area contributed by atoms with E-state index in [4.69, 9.17) is 33.2 Å². The highest BCUT2D eigenvalue weighted by atomic mass is 32.2. The number of ether oxygens (including phenoxy) is 7. The molecule has 2 atom stereocenters. The van der Waals surface area contributed by atoms with Crippen molar-refractivity contribution in [3.63, 3.8) is 0 Å². The van der Waals surface area contributed by atoms with Crippen molar-refractivity contribution in [2.75, 3.05) is 46.2 Å². The Morgan fingerprint density at radius 3 is 2.13 bits per heavy atom.